The van der Waals surface area contributed by atoms with Crippen LogP contribution in [-0.2, 0) is 11.2 Å². The molecule has 4 nitrogen and oxygen atoms in total. The van der Waals surface area contributed by atoms with Crippen LogP contribution >= 0.6 is 0 Å². The summed E-state index contributed by atoms with van der Waals surface area (Å²) in [6.07, 6.45) is 1.67. The number of hydrogen-bond acceptors (Lipinski definition) is 2. The van der Waals surface area contributed by atoms with Gasteiger partial charge in [0.1, 0.15) is 12.1 Å². The van der Waals surface area contributed by atoms with E-state index in [-0.39, 0.29) is 18.1 Å². The monoisotopic (exact) mass is 269 g/mol. The summed E-state index contributed by atoms with van der Waals surface area (Å²) in [5, 5.41) is 0. The fraction of sp³-hybridized carbons (Fsp3) is 0.0667. The molecule has 1 aromatic heterocycles. The molecule has 0 aliphatic rings. The first-order valence-electron chi connectivity index (χ1n) is 6.19. The van der Waals surface area contributed by atoms with Crippen LogP contribution in [0.5, 0.6) is 0 Å². The number of halogens is 1. The lowest BCUT2D eigenvalue weighted by atomic mass is 10.1. The van der Waals surface area contributed by atoms with Crippen molar-refractivity contribution in [1.82, 2.24) is 9.66 Å². The van der Waals surface area contributed by atoms with Crippen molar-refractivity contribution in [2.45, 2.75) is 6.42 Å². The standard InChI is InChI=1S/C15H12FN3O/c16-12-5-3-4-11(8-12)9-15(20)18-19-10-17-13-6-1-2-7-14(13)19/h1-8,10H,9H2,(H,18,20). The topological polar surface area (TPSA) is 46.9 Å². The SMILES string of the molecule is O=C(Cc1cccc(F)c1)Nn1cnc2ccccc21. The van der Waals surface area contributed by atoms with E-state index in [4.69, 9.17) is 0 Å². The van der Waals surface area contributed by atoms with Crippen molar-refractivity contribution in [2.75, 3.05) is 5.43 Å². The lowest BCUT2D eigenvalue weighted by Gasteiger charge is -2.07. The Kier molecular flexibility index (Phi) is 3.16. The molecule has 1 amide bonds. The van der Waals surface area contributed by atoms with Crippen molar-refractivity contribution in [2.24, 2.45) is 0 Å². The molecule has 0 unspecified atom stereocenters. The molecule has 0 saturated heterocycles. The van der Waals surface area contributed by atoms with Gasteiger partial charge in [-0.2, -0.15) is 0 Å². The summed E-state index contributed by atoms with van der Waals surface area (Å²) in [5.74, 6) is -0.567. The minimum Gasteiger partial charge on any atom is -0.273 e. The number of carbonyl (C=O) groups is 1. The number of benzene rings is 2. The van der Waals surface area contributed by atoms with Gasteiger partial charge in [0.25, 0.3) is 0 Å². The Labute approximate surface area is 114 Å². The summed E-state index contributed by atoms with van der Waals surface area (Å²) < 4.78 is 14.6. The fourth-order valence-electron chi connectivity index (χ4n) is 2.05. The molecule has 1 N–H and O–H groups in total. The first kappa shape index (κ1) is 12.3. The van der Waals surface area contributed by atoms with E-state index in [0.29, 0.717) is 5.56 Å². The van der Waals surface area contributed by atoms with Crippen LogP contribution in [0, 0.1) is 5.82 Å². The first-order chi connectivity index (χ1) is 9.72. The first-order valence-corrected chi connectivity index (χ1v) is 6.19. The number of nitrogens with one attached hydrogen (secondary N) is 1. The van der Waals surface area contributed by atoms with Crippen LogP contribution in [0.25, 0.3) is 11.0 Å². The Morgan fingerprint density at radius 3 is 2.90 bits per heavy atom. The van der Waals surface area contributed by atoms with E-state index in [2.05, 4.69) is 10.4 Å². The average Bonchev–Trinajstić information content (AvgIpc) is 2.82. The van der Waals surface area contributed by atoms with E-state index in [1.807, 2.05) is 24.3 Å². The molecule has 2 aromatic carbocycles. The van der Waals surface area contributed by atoms with Crippen LogP contribution in [0.1, 0.15) is 5.56 Å². The summed E-state index contributed by atoms with van der Waals surface area (Å²) in [4.78, 5) is 16.1. The van der Waals surface area contributed by atoms with Gasteiger partial charge in [-0.25, -0.2) is 14.1 Å². The van der Waals surface area contributed by atoms with Gasteiger partial charge in [0.05, 0.1) is 17.5 Å². The van der Waals surface area contributed by atoms with Crippen molar-refractivity contribution in [1.29, 1.82) is 0 Å². The summed E-state index contributed by atoms with van der Waals surface area (Å²) in [7, 11) is 0. The molecule has 0 spiro atoms. The highest BCUT2D eigenvalue weighted by atomic mass is 19.1. The molecule has 3 aromatic rings. The normalized spacial score (nSPS) is 10.7. The average molecular weight is 269 g/mol. The highest BCUT2D eigenvalue weighted by molar-refractivity contribution is 5.88. The van der Waals surface area contributed by atoms with Crippen LogP contribution < -0.4 is 5.43 Å². The molecule has 100 valence electrons. The van der Waals surface area contributed by atoms with Crippen LogP contribution in [0.4, 0.5) is 4.39 Å². The number of hydrogen-bond donors (Lipinski definition) is 1. The molecular formula is C15H12FN3O. The zero-order chi connectivity index (χ0) is 13.9. The predicted molar refractivity (Wildman–Crippen MR) is 74.2 cm³/mol. The molecule has 1 heterocycles. The summed E-state index contributed by atoms with van der Waals surface area (Å²) in [5.41, 5.74) is 4.98. The maximum absolute atomic E-state index is 13.1. The van der Waals surface area contributed by atoms with Gasteiger partial charge in [-0.15, -0.1) is 0 Å². The molecule has 20 heavy (non-hydrogen) atoms. The van der Waals surface area contributed by atoms with Gasteiger partial charge in [0.15, 0.2) is 0 Å². The van der Waals surface area contributed by atoms with Crippen molar-refractivity contribution in [3.63, 3.8) is 0 Å². The number of fused-ring (bicyclic) bond motifs is 1. The Morgan fingerprint density at radius 2 is 2.05 bits per heavy atom. The number of amides is 1. The van der Waals surface area contributed by atoms with Crippen LogP contribution in [0.15, 0.2) is 54.9 Å². The Bertz CT molecular complexity index is 766. The highest BCUT2D eigenvalue weighted by Gasteiger charge is 2.07. The molecule has 0 aliphatic carbocycles. The van der Waals surface area contributed by atoms with Crippen molar-refractivity contribution >= 4 is 16.9 Å². The van der Waals surface area contributed by atoms with Crippen molar-refractivity contribution < 1.29 is 9.18 Å². The van der Waals surface area contributed by atoms with E-state index in [1.165, 1.54) is 12.1 Å². The third-order valence-corrected chi connectivity index (χ3v) is 2.95. The van der Waals surface area contributed by atoms with Gasteiger partial charge >= 0.3 is 0 Å². The lowest BCUT2D eigenvalue weighted by molar-refractivity contribution is -0.116. The van der Waals surface area contributed by atoms with Crippen LogP contribution in [-0.4, -0.2) is 15.6 Å². The smallest absolute Gasteiger partial charge is 0.243 e. The lowest BCUT2D eigenvalue weighted by Crippen LogP contribution is -2.23. The second kappa shape index (κ2) is 5.13. The molecule has 0 bridgehead atoms. The van der Waals surface area contributed by atoms with Gasteiger partial charge in [-0.3, -0.25) is 10.2 Å². The zero-order valence-electron chi connectivity index (χ0n) is 10.6. The molecule has 3 rings (SSSR count). The molecule has 0 aliphatic heterocycles. The van der Waals surface area contributed by atoms with Crippen molar-refractivity contribution in [3.8, 4) is 0 Å². The summed E-state index contributed by atoms with van der Waals surface area (Å²) in [6.45, 7) is 0. The number of rotatable bonds is 3. The fourth-order valence-corrected chi connectivity index (χ4v) is 2.05. The van der Waals surface area contributed by atoms with Crippen LogP contribution in [0.3, 0.4) is 0 Å². The highest BCUT2D eigenvalue weighted by Crippen LogP contribution is 2.10. The Hall–Kier alpha value is -2.69. The number of nitrogens with zero attached hydrogens (tertiary/aromatic N) is 2. The van der Waals surface area contributed by atoms with Gasteiger partial charge in [0.2, 0.25) is 5.91 Å². The molecule has 0 radical (unpaired) electrons. The Balaban J connectivity index is 1.76. The maximum atomic E-state index is 13.1. The number of aromatic nitrogens is 2. The predicted octanol–water partition coefficient (Wildman–Crippen LogP) is 2.49. The number of carbonyl (C=O) groups excluding carboxylic acids is 1. The second-order valence-corrected chi connectivity index (χ2v) is 4.44. The van der Waals surface area contributed by atoms with Gasteiger partial charge in [0, 0.05) is 0 Å². The quantitative estimate of drug-likeness (QED) is 0.794. The van der Waals surface area contributed by atoms with E-state index in [0.717, 1.165) is 11.0 Å². The third kappa shape index (κ3) is 2.51. The minimum absolute atomic E-state index is 0.115. The van der Waals surface area contributed by atoms with Crippen LogP contribution in [0.2, 0.25) is 0 Å². The maximum Gasteiger partial charge on any atom is 0.243 e. The molecule has 5 heteroatoms. The summed E-state index contributed by atoms with van der Waals surface area (Å²) in [6, 6.07) is 13.5. The largest absolute Gasteiger partial charge is 0.273 e. The zero-order valence-corrected chi connectivity index (χ0v) is 10.6. The summed E-state index contributed by atoms with van der Waals surface area (Å²) >= 11 is 0. The second-order valence-electron chi connectivity index (χ2n) is 4.44. The molecule has 0 atom stereocenters. The van der Waals surface area contributed by atoms with Gasteiger partial charge < -0.3 is 0 Å². The van der Waals surface area contributed by atoms with E-state index in [1.54, 1.807) is 23.1 Å². The number of para-hydroxylation sites is 2. The van der Waals surface area contributed by atoms with Crippen molar-refractivity contribution in [3.05, 3.63) is 66.2 Å². The van der Waals surface area contributed by atoms with Gasteiger partial charge in [-0.05, 0) is 29.8 Å². The minimum atomic E-state index is -0.344. The molecule has 0 fully saturated rings. The van der Waals surface area contributed by atoms with E-state index in [9.17, 15) is 9.18 Å². The Morgan fingerprint density at radius 1 is 1.20 bits per heavy atom. The third-order valence-electron chi connectivity index (χ3n) is 2.95. The van der Waals surface area contributed by atoms with E-state index < -0.39 is 0 Å². The number of imidazole rings is 1. The molecular weight excluding hydrogens is 257 g/mol. The van der Waals surface area contributed by atoms with Gasteiger partial charge in [-0.1, -0.05) is 24.3 Å². The van der Waals surface area contributed by atoms with E-state index >= 15 is 0 Å². The molecule has 0 saturated carbocycles.